The fourth-order valence-electron chi connectivity index (χ4n) is 3.23. The lowest BCUT2D eigenvalue weighted by Crippen LogP contribution is -2.40. The number of anilines is 1. The first-order valence-corrected chi connectivity index (χ1v) is 6.99. The number of benzene rings is 1. The Morgan fingerprint density at radius 3 is 2.84 bits per heavy atom. The average molecular weight is 254 g/mol. The fraction of sp³-hybridized carbons (Fsp3) is 0.400. The molecule has 2 heterocycles. The van der Waals surface area contributed by atoms with E-state index in [0.717, 1.165) is 38.2 Å². The molecule has 1 aromatic heterocycles. The minimum atomic E-state index is 0.362. The van der Waals surface area contributed by atoms with Gasteiger partial charge in [0.1, 0.15) is 0 Å². The highest BCUT2D eigenvalue weighted by Gasteiger charge is 2.28. The maximum absolute atomic E-state index is 5.98. The quantitative estimate of drug-likeness (QED) is 0.697. The molecule has 1 aromatic carbocycles. The zero-order valence-electron chi connectivity index (χ0n) is 10.9. The Kier molecular flexibility index (Phi) is 2.38. The Labute approximate surface area is 112 Å². The van der Waals surface area contributed by atoms with Crippen LogP contribution >= 0.6 is 0 Å². The molecule has 4 heteroatoms. The molecular weight excluding hydrogens is 236 g/mol. The zero-order chi connectivity index (χ0) is 12.8. The predicted octanol–water partition coefficient (Wildman–Crippen LogP) is 1.91. The fourth-order valence-corrected chi connectivity index (χ4v) is 3.23. The number of hydrogen-bond acceptors (Lipinski definition) is 3. The van der Waals surface area contributed by atoms with Crippen LogP contribution in [0.25, 0.3) is 11.3 Å². The molecule has 0 radical (unpaired) electrons. The van der Waals surface area contributed by atoms with Crippen LogP contribution in [0.4, 0.5) is 5.82 Å². The molecule has 2 aliphatic rings. The molecule has 0 spiro atoms. The summed E-state index contributed by atoms with van der Waals surface area (Å²) in [6, 6.07) is 8.95. The van der Waals surface area contributed by atoms with Gasteiger partial charge in [-0.1, -0.05) is 24.3 Å². The van der Waals surface area contributed by atoms with Crippen LogP contribution in [-0.2, 0) is 6.42 Å². The van der Waals surface area contributed by atoms with E-state index in [-0.39, 0.29) is 0 Å². The van der Waals surface area contributed by atoms with Crippen molar-refractivity contribution >= 4 is 5.82 Å². The number of hydrogen-bond donors (Lipinski definition) is 2. The molecule has 0 saturated carbocycles. The zero-order valence-corrected chi connectivity index (χ0v) is 10.9. The Bertz CT molecular complexity index is 608. The Hall–Kier alpha value is -1.81. The summed E-state index contributed by atoms with van der Waals surface area (Å²) < 4.78 is 0. The van der Waals surface area contributed by atoms with Crippen LogP contribution in [0.3, 0.4) is 0 Å². The molecule has 1 aliphatic heterocycles. The molecule has 4 nitrogen and oxygen atoms in total. The predicted molar refractivity (Wildman–Crippen MR) is 76.3 cm³/mol. The van der Waals surface area contributed by atoms with Gasteiger partial charge in [0.15, 0.2) is 5.82 Å². The number of piperidine rings is 1. The molecule has 19 heavy (non-hydrogen) atoms. The number of aromatic amines is 1. The first kappa shape index (κ1) is 11.1. The van der Waals surface area contributed by atoms with Crippen LogP contribution in [0.5, 0.6) is 0 Å². The highest BCUT2D eigenvalue weighted by atomic mass is 15.3. The van der Waals surface area contributed by atoms with E-state index in [1.165, 1.54) is 22.4 Å². The number of H-pyrrole nitrogens is 1. The Morgan fingerprint density at radius 2 is 2.00 bits per heavy atom. The summed E-state index contributed by atoms with van der Waals surface area (Å²) in [6.07, 6.45) is 3.13. The largest absolute Gasteiger partial charge is 0.355 e. The maximum atomic E-state index is 5.98. The summed E-state index contributed by atoms with van der Waals surface area (Å²) in [5, 5.41) is 7.77. The van der Waals surface area contributed by atoms with Gasteiger partial charge >= 0.3 is 0 Å². The number of fused-ring (bicyclic) bond motifs is 3. The topological polar surface area (TPSA) is 57.9 Å². The molecule has 1 saturated heterocycles. The van der Waals surface area contributed by atoms with E-state index in [9.17, 15) is 0 Å². The van der Waals surface area contributed by atoms with Gasteiger partial charge in [0.05, 0.1) is 5.69 Å². The van der Waals surface area contributed by atoms with Crippen molar-refractivity contribution in [2.24, 2.45) is 5.73 Å². The number of aromatic nitrogens is 2. The second-order valence-corrected chi connectivity index (χ2v) is 5.56. The SMILES string of the molecule is NC1CCN(c2n[nH]c3c2Cc2ccccc2-3)CC1. The lowest BCUT2D eigenvalue weighted by atomic mass is 10.1. The van der Waals surface area contributed by atoms with Crippen molar-refractivity contribution in [3.63, 3.8) is 0 Å². The van der Waals surface area contributed by atoms with Gasteiger partial charge < -0.3 is 10.6 Å². The lowest BCUT2D eigenvalue weighted by Gasteiger charge is -2.30. The van der Waals surface area contributed by atoms with Crippen molar-refractivity contribution in [1.82, 2.24) is 10.2 Å². The first-order valence-electron chi connectivity index (χ1n) is 6.99. The smallest absolute Gasteiger partial charge is 0.154 e. The summed E-state index contributed by atoms with van der Waals surface area (Å²) in [4.78, 5) is 2.38. The average Bonchev–Trinajstić information content (AvgIpc) is 2.98. The van der Waals surface area contributed by atoms with E-state index in [4.69, 9.17) is 5.73 Å². The van der Waals surface area contributed by atoms with Crippen molar-refractivity contribution in [3.8, 4) is 11.3 Å². The number of nitrogens with zero attached hydrogens (tertiary/aromatic N) is 2. The van der Waals surface area contributed by atoms with Gasteiger partial charge in [-0.25, -0.2) is 0 Å². The second-order valence-electron chi connectivity index (χ2n) is 5.56. The molecule has 98 valence electrons. The van der Waals surface area contributed by atoms with Gasteiger partial charge in [-0.2, -0.15) is 5.10 Å². The summed E-state index contributed by atoms with van der Waals surface area (Å²) in [5.41, 5.74) is 11.3. The van der Waals surface area contributed by atoms with E-state index >= 15 is 0 Å². The Balaban J connectivity index is 1.69. The molecule has 2 aromatic rings. The van der Waals surface area contributed by atoms with Gasteiger partial charge in [-0.05, 0) is 18.4 Å². The monoisotopic (exact) mass is 254 g/mol. The standard InChI is InChI=1S/C15H18N4/c16-11-5-7-19(8-6-11)15-13-9-10-3-1-2-4-12(10)14(13)17-18-15/h1-4,11H,5-9,16H2,(H,17,18). The van der Waals surface area contributed by atoms with E-state index in [1.807, 2.05) is 0 Å². The molecule has 0 bridgehead atoms. The third kappa shape index (κ3) is 1.67. The van der Waals surface area contributed by atoms with Gasteiger partial charge in [0, 0.05) is 36.7 Å². The minimum Gasteiger partial charge on any atom is -0.355 e. The van der Waals surface area contributed by atoms with Gasteiger partial charge in [0.25, 0.3) is 0 Å². The van der Waals surface area contributed by atoms with E-state index < -0.39 is 0 Å². The molecule has 0 amide bonds. The van der Waals surface area contributed by atoms with Crippen LogP contribution in [-0.4, -0.2) is 29.3 Å². The van der Waals surface area contributed by atoms with Crippen molar-refractivity contribution in [1.29, 1.82) is 0 Å². The summed E-state index contributed by atoms with van der Waals surface area (Å²) in [6.45, 7) is 2.05. The Morgan fingerprint density at radius 1 is 1.21 bits per heavy atom. The van der Waals surface area contributed by atoms with E-state index in [2.05, 4.69) is 39.4 Å². The normalized spacial score (nSPS) is 18.5. The van der Waals surface area contributed by atoms with Crippen LogP contribution in [0.2, 0.25) is 0 Å². The van der Waals surface area contributed by atoms with Crippen molar-refractivity contribution < 1.29 is 0 Å². The van der Waals surface area contributed by atoms with Crippen LogP contribution in [0.15, 0.2) is 24.3 Å². The molecule has 0 atom stereocenters. The molecular formula is C15H18N4. The molecule has 0 unspecified atom stereocenters. The van der Waals surface area contributed by atoms with Crippen LogP contribution in [0.1, 0.15) is 24.0 Å². The summed E-state index contributed by atoms with van der Waals surface area (Å²) in [5.74, 6) is 1.14. The first-order chi connectivity index (χ1) is 9.33. The number of nitrogens with one attached hydrogen (secondary N) is 1. The van der Waals surface area contributed by atoms with Gasteiger partial charge in [-0.15, -0.1) is 0 Å². The van der Waals surface area contributed by atoms with Gasteiger partial charge in [-0.3, -0.25) is 5.10 Å². The number of rotatable bonds is 1. The molecule has 4 rings (SSSR count). The van der Waals surface area contributed by atoms with Crippen LogP contribution in [0, 0.1) is 0 Å². The van der Waals surface area contributed by atoms with E-state index in [0.29, 0.717) is 6.04 Å². The third-order valence-electron chi connectivity index (χ3n) is 4.34. The van der Waals surface area contributed by atoms with Crippen molar-refractivity contribution in [2.45, 2.75) is 25.3 Å². The lowest BCUT2D eigenvalue weighted by molar-refractivity contribution is 0.498. The van der Waals surface area contributed by atoms with Crippen molar-refractivity contribution in [3.05, 3.63) is 35.4 Å². The van der Waals surface area contributed by atoms with E-state index in [1.54, 1.807) is 0 Å². The second kappa shape index (κ2) is 4.10. The number of nitrogens with two attached hydrogens (primary N) is 1. The van der Waals surface area contributed by atoms with Gasteiger partial charge in [0.2, 0.25) is 0 Å². The van der Waals surface area contributed by atoms with Crippen LogP contribution < -0.4 is 10.6 Å². The highest BCUT2D eigenvalue weighted by Crippen LogP contribution is 2.39. The van der Waals surface area contributed by atoms with Crippen molar-refractivity contribution in [2.75, 3.05) is 18.0 Å². The highest BCUT2D eigenvalue weighted by molar-refractivity contribution is 5.78. The summed E-state index contributed by atoms with van der Waals surface area (Å²) in [7, 11) is 0. The maximum Gasteiger partial charge on any atom is 0.154 e. The molecule has 3 N–H and O–H groups in total. The molecule has 1 aliphatic carbocycles. The molecule has 1 fully saturated rings. The minimum absolute atomic E-state index is 0.362. The third-order valence-corrected chi connectivity index (χ3v) is 4.34. The summed E-state index contributed by atoms with van der Waals surface area (Å²) >= 11 is 0.